The molecule has 0 saturated heterocycles. The number of carbonyl (C=O) groups excluding carboxylic acids is 1. The molecule has 0 unspecified atom stereocenters. The Hall–Kier alpha value is -2.26. The molecule has 0 bridgehead atoms. The first-order chi connectivity index (χ1) is 9.84. The average Bonchev–Trinajstić information content (AvgIpc) is 2.81. The Morgan fingerprint density at radius 3 is 2.52 bits per heavy atom. The van der Waals surface area contributed by atoms with Crippen LogP contribution in [-0.2, 0) is 27.8 Å². The van der Waals surface area contributed by atoms with Gasteiger partial charge in [0, 0.05) is 13.5 Å². The maximum absolute atomic E-state index is 11.7. The first-order valence-corrected chi connectivity index (χ1v) is 7.57. The number of sulfonamides is 1. The van der Waals surface area contributed by atoms with Crippen LogP contribution in [0.3, 0.4) is 0 Å². The van der Waals surface area contributed by atoms with Gasteiger partial charge in [0.05, 0.1) is 11.3 Å². The number of carbonyl (C=O) groups is 1. The van der Waals surface area contributed by atoms with Gasteiger partial charge in [0.2, 0.25) is 21.8 Å². The number of nitrogens with zero attached hydrogens (tertiary/aromatic N) is 2. The van der Waals surface area contributed by atoms with Crippen LogP contribution >= 0.6 is 0 Å². The van der Waals surface area contributed by atoms with Crippen molar-refractivity contribution in [2.24, 2.45) is 5.14 Å². The highest BCUT2D eigenvalue weighted by Gasteiger charge is 2.10. The van der Waals surface area contributed by atoms with Crippen LogP contribution in [0, 0.1) is 6.92 Å². The second-order valence-electron chi connectivity index (χ2n) is 4.37. The van der Waals surface area contributed by atoms with Gasteiger partial charge in [-0.05, 0) is 17.7 Å². The Labute approximate surface area is 121 Å². The molecule has 2 aromatic rings. The van der Waals surface area contributed by atoms with Gasteiger partial charge in [-0.2, -0.15) is 4.98 Å². The van der Waals surface area contributed by atoms with Crippen molar-refractivity contribution in [3.63, 3.8) is 0 Å². The quantitative estimate of drug-likeness (QED) is 0.792. The van der Waals surface area contributed by atoms with Crippen molar-refractivity contribution in [3.05, 3.63) is 41.5 Å². The van der Waals surface area contributed by atoms with Gasteiger partial charge in [-0.25, -0.2) is 13.6 Å². The van der Waals surface area contributed by atoms with Crippen LogP contribution < -0.4 is 10.5 Å². The highest BCUT2D eigenvalue weighted by atomic mass is 32.2. The second kappa shape index (κ2) is 6.02. The van der Waals surface area contributed by atoms with E-state index in [-0.39, 0.29) is 23.8 Å². The van der Waals surface area contributed by atoms with E-state index in [1.54, 1.807) is 19.1 Å². The summed E-state index contributed by atoms with van der Waals surface area (Å²) in [5.74, 6) is 0.456. The fourth-order valence-electron chi connectivity index (χ4n) is 1.62. The molecular weight excluding hydrogens is 296 g/mol. The molecule has 0 spiro atoms. The fourth-order valence-corrected chi connectivity index (χ4v) is 2.13. The van der Waals surface area contributed by atoms with Crippen LogP contribution in [0.15, 0.2) is 33.7 Å². The van der Waals surface area contributed by atoms with Crippen molar-refractivity contribution in [2.75, 3.05) is 0 Å². The monoisotopic (exact) mass is 310 g/mol. The van der Waals surface area contributed by atoms with E-state index < -0.39 is 10.0 Å². The molecular formula is C12H14N4O4S. The minimum atomic E-state index is -3.70. The maximum Gasteiger partial charge on any atom is 0.238 e. The summed E-state index contributed by atoms with van der Waals surface area (Å²) < 4.78 is 27.0. The number of aryl methyl sites for hydroxylation is 1. The SMILES string of the molecule is Cc1nc(CC(=O)NCc2ccc(S(N)(=O)=O)cc2)no1. The standard InChI is InChI=1S/C12H14N4O4S/c1-8-15-11(16-20-8)6-12(17)14-7-9-2-4-10(5-3-9)21(13,18)19/h2-5H,6-7H2,1H3,(H,14,17)(H2,13,18,19). The summed E-state index contributed by atoms with van der Waals surface area (Å²) in [6.07, 6.45) is 0.0204. The highest BCUT2D eigenvalue weighted by Crippen LogP contribution is 2.08. The van der Waals surface area contributed by atoms with E-state index in [9.17, 15) is 13.2 Å². The predicted octanol–water partition coefficient (Wildman–Crippen LogP) is -0.116. The zero-order valence-corrected chi connectivity index (χ0v) is 12.1. The lowest BCUT2D eigenvalue weighted by molar-refractivity contribution is -0.120. The van der Waals surface area contributed by atoms with E-state index in [0.29, 0.717) is 11.7 Å². The second-order valence-corrected chi connectivity index (χ2v) is 5.93. The van der Waals surface area contributed by atoms with Gasteiger partial charge >= 0.3 is 0 Å². The Morgan fingerprint density at radius 1 is 1.33 bits per heavy atom. The number of hydrogen-bond donors (Lipinski definition) is 2. The van der Waals surface area contributed by atoms with Crippen molar-refractivity contribution in [1.29, 1.82) is 0 Å². The highest BCUT2D eigenvalue weighted by molar-refractivity contribution is 7.89. The largest absolute Gasteiger partial charge is 0.352 e. The van der Waals surface area contributed by atoms with Crippen LogP contribution in [0.5, 0.6) is 0 Å². The van der Waals surface area contributed by atoms with Gasteiger partial charge < -0.3 is 9.84 Å². The Bertz CT molecular complexity index is 737. The molecule has 112 valence electrons. The number of amides is 1. The molecule has 1 heterocycles. The van der Waals surface area contributed by atoms with E-state index in [2.05, 4.69) is 15.5 Å². The third kappa shape index (κ3) is 4.36. The first kappa shape index (κ1) is 15.1. The third-order valence-electron chi connectivity index (χ3n) is 2.63. The summed E-state index contributed by atoms with van der Waals surface area (Å²) in [7, 11) is -3.70. The lowest BCUT2D eigenvalue weighted by atomic mass is 10.2. The maximum atomic E-state index is 11.7. The summed E-state index contributed by atoms with van der Waals surface area (Å²) in [5, 5.41) is 11.3. The molecule has 2 rings (SSSR count). The summed E-state index contributed by atoms with van der Waals surface area (Å²) in [5.41, 5.74) is 0.750. The van der Waals surface area contributed by atoms with Crippen molar-refractivity contribution in [2.45, 2.75) is 24.8 Å². The van der Waals surface area contributed by atoms with Crippen molar-refractivity contribution in [1.82, 2.24) is 15.5 Å². The van der Waals surface area contributed by atoms with Crippen LogP contribution in [0.1, 0.15) is 17.3 Å². The van der Waals surface area contributed by atoms with Gasteiger partial charge in [0.1, 0.15) is 0 Å². The number of rotatable bonds is 5. The molecule has 0 fully saturated rings. The van der Waals surface area contributed by atoms with E-state index in [1.165, 1.54) is 12.1 Å². The molecule has 8 nitrogen and oxygen atoms in total. The Kier molecular flexibility index (Phi) is 4.34. The predicted molar refractivity (Wildman–Crippen MR) is 72.4 cm³/mol. The van der Waals surface area contributed by atoms with E-state index in [1.807, 2.05) is 0 Å². The zero-order valence-electron chi connectivity index (χ0n) is 11.2. The molecule has 0 aliphatic carbocycles. The van der Waals surface area contributed by atoms with Crippen LogP contribution in [0.2, 0.25) is 0 Å². The van der Waals surface area contributed by atoms with Crippen LogP contribution in [-0.4, -0.2) is 24.5 Å². The van der Waals surface area contributed by atoms with E-state index >= 15 is 0 Å². The van der Waals surface area contributed by atoms with Gasteiger partial charge in [-0.3, -0.25) is 4.79 Å². The summed E-state index contributed by atoms with van der Waals surface area (Å²) in [4.78, 5) is 15.6. The fraction of sp³-hybridized carbons (Fsp3) is 0.250. The lowest BCUT2D eigenvalue weighted by Gasteiger charge is -2.05. The summed E-state index contributed by atoms with van der Waals surface area (Å²) in [6, 6.07) is 5.94. The minimum Gasteiger partial charge on any atom is -0.352 e. The molecule has 1 aromatic heterocycles. The number of aromatic nitrogens is 2. The third-order valence-corrected chi connectivity index (χ3v) is 3.56. The Balaban J connectivity index is 1.89. The van der Waals surface area contributed by atoms with Crippen molar-refractivity contribution < 1.29 is 17.7 Å². The number of benzene rings is 1. The number of hydrogen-bond acceptors (Lipinski definition) is 6. The van der Waals surface area contributed by atoms with Crippen molar-refractivity contribution >= 4 is 15.9 Å². The van der Waals surface area contributed by atoms with Gasteiger partial charge in [0.15, 0.2) is 5.82 Å². The molecule has 0 saturated carbocycles. The van der Waals surface area contributed by atoms with E-state index in [4.69, 9.17) is 9.66 Å². The van der Waals surface area contributed by atoms with Crippen LogP contribution in [0.4, 0.5) is 0 Å². The van der Waals surface area contributed by atoms with E-state index in [0.717, 1.165) is 5.56 Å². The molecule has 0 aliphatic heterocycles. The normalized spacial score (nSPS) is 11.3. The average molecular weight is 310 g/mol. The smallest absolute Gasteiger partial charge is 0.238 e. The van der Waals surface area contributed by atoms with Gasteiger partial charge in [0.25, 0.3) is 0 Å². The summed E-state index contributed by atoms with van der Waals surface area (Å²) in [6.45, 7) is 1.90. The molecule has 0 aliphatic rings. The van der Waals surface area contributed by atoms with Gasteiger partial charge in [-0.1, -0.05) is 17.3 Å². The van der Waals surface area contributed by atoms with Crippen LogP contribution in [0.25, 0.3) is 0 Å². The van der Waals surface area contributed by atoms with Crippen molar-refractivity contribution in [3.8, 4) is 0 Å². The first-order valence-electron chi connectivity index (χ1n) is 6.02. The molecule has 0 atom stereocenters. The number of primary sulfonamides is 1. The topological polar surface area (TPSA) is 128 Å². The molecule has 9 heteroatoms. The molecule has 3 N–H and O–H groups in total. The molecule has 21 heavy (non-hydrogen) atoms. The Morgan fingerprint density at radius 2 is 2.00 bits per heavy atom. The molecule has 0 radical (unpaired) electrons. The zero-order chi connectivity index (χ0) is 15.5. The minimum absolute atomic E-state index is 0.0204. The number of nitrogens with two attached hydrogens (primary N) is 1. The number of nitrogens with one attached hydrogen (secondary N) is 1. The molecule has 1 aromatic carbocycles. The summed E-state index contributed by atoms with van der Waals surface area (Å²) >= 11 is 0. The molecule has 1 amide bonds. The van der Waals surface area contributed by atoms with Gasteiger partial charge in [-0.15, -0.1) is 0 Å². The lowest BCUT2D eigenvalue weighted by Crippen LogP contribution is -2.25.